The number of tetrazole rings is 1. The molecule has 140 valence electrons. The van der Waals surface area contributed by atoms with Gasteiger partial charge in [0, 0.05) is 36.7 Å². The third-order valence-corrected chi connectivity index (χ3v) is 4.36. The summed E-state index contributed by atoms with van der Waals surface area (Å²) in [5.41, 5.74) is 0.645. The van der Waals surface area contributed by atoms with Gasteiger partial charge in [-0.2, -0.15) is 4.68 Å². The van der Waals surface area contributed by atoms with Crippen molar-refractivity contribution in [3.63, 3.8) is 0 Å². The highest BCUT2D eigenvalue weighted by atomic mass is 35.5. The van der Waals surface area contributed by atoms with Crippen molar-refractivity contribution in [1.82, 2.24) is 35.3 Å². The molecule has 1 aromatic carbocycles. The van der Waals surface area contributed by atoms with E-state index in [1.165, 1.54) is 0 Å². The van der Waals surface area contributed by atoms with E-state index in [1.54, 1.807) is 4.68 Å². The van der Waals surface area contributed by atoms with E-state index in [9.17, 15) is 4.79 Å². The molecule has 0 radical (unpaired) electrons. The van der Waals surface area contributed by atoms with Crippen LogP contribution in [0.4, 0.5) is 4.79 Å². The van der Waals surface area contributed by atoms with E-state index >= 15 is 0 Å². The van der Waals surface area contributed by atoms with Crippen LogP contribution >= 0.6 is 11.6 Å². The predicted octanol–water partition coefficient (Wildman–Crippen LogP) is 1.94. The number of urea groups is 1. The third-order valence-electron chi connectivity index (χ3n) is 4.11. The van der Waals surface area contributed by atoms with E-state index in [0.717, 1.165) is 24.6 Å². The molecule has 0 unspecified atom stereocenters. The van der Waals surface area contributed by atoms with Crippen LogP contribution in [0.25, 0.3) is 5.69 Å². The summed E-state index contributed by atoms with van der Waals surface area (Å²) >= 11 is 5.94. The lowest BCUT2D eigenvalue weighted by atomic mass is 10.1. The van der Waals surface area contributed by atoms with Gasteiger partial charge in [0.1, 0.15) is 0 Å². The zero-order valence-electron chi connectivity index (χ0n) is 15.3. The van der Waals surface area contributed by atoms with Crippen LogP contribution in [-0.2, 0) is 6.54 Å². The Kier molecular flexibility index (Phi) is 5.43. The fourth-order valence-corrected chi connectivity index (χ4v) is 2.92. The van der Waals surface area contributed by atoms with Crippen LogP contribution in [0, 0.1) is 0 Å². The number of hydrogen-bond acceptors (Lipinski definition) is 5. The van der Waals surface area contributed by atoms with Crippen molar-refractivity contribution in [2.45, 2.75) is 32.9 Å². The number of carbonyl (C=O) groups is 1. The normalized spacial score (nSPS) is 15.9. The molecule has 1 fully saturated rings. The molecule has 0 spiro atoms. The second-order valence-electron chi connectivity index (χ2n) is 7.43. The Bertz CT molecular complexity index is 745. The summed E-state index contributed by atoms with van der Waals surface area (Å²) < 4.78 is 1.72. The van der Waals surface area contributed by atoms with Crippen LogP contribution in [0.5, 0.6) is 0 Å². The van der Waals surface area contributed by atoms with E-state index in [0.29, 0.717) is 24.7 Å². The SMILES string of the molecule is CC(C)(C)NC(=O)N1CCN(Cc2nnnn2-c2ccc(Cl)cc2)CC1. The van der Waals surface area contributed by atoms with Crippen molar-refractivity contribution < 1.29 is 4.79 Å². The zero-order valence-corrected chi connectivity index (χ0v) is 16.1. The minimum absolute atomic E-state index is 0.0110. The largest absolute Gasteiger partial charge is 0.333 e. The predicted molar refractivity (Wildman–Crippen MR) is 99.3 cm³/mol. The molecule has 1 aromatic heterocycles. The van der Waals surface area contributed by atoms with Gasteiger partial charge in [-0.3, -0.25) is 4.90 Å². The topological polar surface area (TPSA) is 79.2 Å². The molecular formula is C17H24ClN7O. The lowest BCUT2D eigenvalue weighted by molar-refractivity contribution is 0.129. The summed E-state index contributed by atoms with van der Waals surface area (Å²) in [6, 6.07) is 7.39. The number of rotatable bonds is 3. The molecule has 0 aliphatic carbocycles. The van der Waals surface area contributed by atoms with Crippen LogP contribution in [0.2, 0.25) is 5.02 Å². The Morgan fingerprint density at radius 3 is 2.42 bits per heavy atom. The number of aromatic nitrogens is 4. The summed E-state index contributed by atoms with van der Waals surface area (Å²) in [5, 5.41) is 15.7. The number of carbonyl (C=O) groups excluding carboxylic acids is 1. The molecule has 0 bridgehead atoms. The number of nitrogens with zero attached hydrogens (tertiary/aromatic N) is 6. The second kappa shape index (κ2) is 7.59. The second-order valence-corrected chi connectivity index (χ2v) is 7.86. The molecule has 0 atom stereocenters. The van der Waals surface area contributed by atoms with E-state index in [-0.39, 0.29) is 11.6 Å². The molecule has 2 heterocycles. The Morgan fingerprint density at radius 1 is 1.15 bits per heavy atom. The highest BCUT2D eigenvalue weighted by molar-refractivity contribution is 6.30. The van der Waals surface area contributed by atoms with Crippen LogP contribution in [0.1, 0.15) is 26.6 Å². The van der Waals surface area contributed by atoms with Gasteiger partial charge in [0.25, 0.3) is 0 Å². The van der Waals surface area contributed by atoms with Gasteiger partial charge < -0.3 is 10.2 Å². The molecule has 1 N–H and O–H groups in total. The van der Waals surface area contributed by atoms with E-state index in [4.69, 9.17) is 11.6 Å². The minimum Gasteiger partial charge on any atom is -0.333 e. The Morgan fingerprint density at radius 2 is 1.81 bits per heavy atom. The molecule has 3 rings (SSSR count). The maximum Gasteiger partial charge on any atom is 0.317 e. The van der Waals surface area contributed by atoms with Gasteiger partial charge in [0.15, 0.2) is 5.82 Å². The summed E-state index contributed by atoms with van der Waals surface area (Å²) in [6.07, 6.45) is 0. The molecule has 1 aliphatic rings. The van der Waals surface area contributed by atoms with Crippen LogP contribution in [0.15, 0.2) is 24.3 Å². The van der Waals surface area contributed by atoms with E-state index in [1.807, 2.05) is 49.9 Å². The van der Waals surface area contributed by atoms with Gasteiger partial charge in [0.05, 0.1) is 12.2 Å². The monoisotopic (exact) mass is 377 g/mol. The maximum absolute atomic E-state index is 12.3. The van der Waals surface area contributed by atoms with E-state index < -0.39 is 0 Å². The van der Waals surface area contributed by atoms with Gasteiger partial charge in [0.2, 0.25) is 0 Å². The fraction of sp³-hybridized carbons (Fsp3) is 0.529. The van der Waals surface area contributed by atoms with Crippen molar-refractivity contribution in [1.29, 1.82) is 0 Å². The first kappa shape index (κ1) is 18.6. The zero-order chi connectivity index (χ0) is 18.7. The van der Waals surface area contributed by atoms with Gasteiger partial charge >= 0.3 is 6.03 Å². The molecule has 1 aliphatic heterocycles. The summed E-state index contributed by atoms with van der Waals surface area (Å²) in [4.78, 5) is 16.4. The number of halogens is 1. The highest BCUT2D eigenvalue weighted by Crippen LogP contribution is 2.15. The molecule has 2 aromatic rings. The molecule has 9 heteroatoms. The molecule has 2 amide bonds. The Balaban J connectivity index is 1.58. The molecule has 0 saturated carbocycles. The summed E-state index contributed by atoms with van der Waals surface area (Å²) in [7, 11) is 0. The fourth-order valence-electron chi connectivity index (χ4n) is 2.80. The number of nitrogens with one attached hydrogen (secondary N) is 1. The van der Waals surface area contributed by atoms with Crippen LogP contribution in [0.3, 0.4) is 0 Å². The first-order chi connectivity index (χ1) is 12.3. The van der Waals surface area contributed by atoms with Crippen LogP contribution < -0.4 is 5.32 Å². The molecule has 1 saturated heterocycles. The van der Waals surface area contributed by atoms with Crippen molar-refractivity contribution in [3.05, 3.63) is 35.1 Å². The standard InChI is InChI=1S/C17H24ClN7O/c1-17(2,3)19-16(26)24-10-8-23(9-11-24)12-15-20-21-22-25(15)14-6-4-13(18)5-7-14/h4-7H,8-12H2,1-3H3,(H,19,26). The number of piperazine rings is 1. The first-order valence-electron chi connectivity index (χ1n) is 8.64. The number of benzene rings is 1. The average molecular weight is 378 g/mol. The van der Waals surface area contributed by atoms with Crippen molar-refractivity contribution in [3.8, 4) is 5.69 Å². The lowest BCUT2D eigenvalue weighted by Gasteiger charge is -2.36. The van der Waals surface area contributed by atoms with E-state index in [2.05, 4.69) is 25.7 Å². The average Bonchev–Trinajstić information content (AvgIpc) is 3.03. The lowest BCUT2D eigenvalue weighted by Crippen LogP contribution is -2.54. The van der Waals surface area contributed by atoms with Crippen LogP contribution in [-0.4, -0.2) is 67.8 Å². The first-order valence-corrected chi connectivity index (χ1v) is 9.02. The quantitative estimate of drug-likeness (QED) is 0.884. The number of amides is 2. The van der Waals surface area contributed by atoms with Crippen molar-refractivity contribution in [2.24, 2.45) is 0 Å². The Labute approximate surface area is 158 Å². The molecular weight excluding hydrogens is 354 g/mol. The molecule has 8 nitrogen and oxygen atoms in total. The minimum atomic E-state index is -0.227. The third kappa shape index (κ3) is 4.70. The van der Waals surface area contributed by atoms with Crippen molar-refractivity contribution >= 4 is 17.6 Å². The summed E-state index contributed by atoms with van der Waals surface area (Å²) in [5.74, 6) is 0.764. The summed E-state index contributed by atoms with van der Waals surface area (Å²) in [6.45, 7) is 9.52. The van der Waals surface area contributed by atoms with Gasteiger partial charge in [-0.05, 0) is 55.5 Å². The smallest absolute Gasteiger partial charge is 0.317 e. The maximum atomic E-state index is 12.3. The highest BCUT2D eigenvalue weighted by Gasteiger charge is 2.25. The number of hydrogen-bond donors (Lipinski definition) is 1. The Hall–Kier alpha value is -2.19. The van der Waals surface area contributed by atoms with Crippen molar-refractivity contribution in [2.75, 3.05) is 26.2 Å². The molecule has 26 heavy (non-hydrogen) atoms. The van der Waals surface area contributed by atoms with Gasteiger partial charge in [-0.1, -0.05) is 11.6 Å². The van der Waals surface area contributed by atoms with Gasteiger partial charge in [-0.25, -0.2) is 4.79 Å². The van der Waals surface area contributed by atoms with Gasteiger partial charge in [-0.15, -0.1) is 5.10 Å².